The van der Waals surface area contributed by atoms with E-state index in [0.29, 0.717) is 5.95 Å². The van der Waals surface area contributed by atoms with Gasteiger partial charge >= 0.3 is 0 Å². The molecule has 0 saturated carbocycles. The number of anilines is 1. The van der Waals surface area contributed by atoms with Crippen LogP contribution in [0.25, 0.3) is 5.69 Å². The van der Waals surface area contributed by atoms with E-state index in [0.717, 1.165) is 5.69 Å². The molecule has 0 bridgehead atoms. The fourth-order valence-corrected chi connectivity index (χ4v) is 2.04. The summed E-state index contributed by atoms with van der Waals surface area (Å²) in [5.41, 5.74) is 2.12. The lowest BCUT2D eigenvalue weighted by Gasteiger charge is -2.14. The summed E-state index contributed by atoms with van der Waals surface area (Å²) in [5, 5.41) is 15.2. The highest BCUT2D eigenvalue weighted by molar-refractivity contribution is 5.40. The lowest BCUT2D eigenvalue weighted by molar-refractivity contribution is 0.780. The van der Waals surface area contributed by atoms with Gasteiger partial charge in [0.05, 0.1) is 11.7 Å². The van der Waals surface area contributed by atoms with E-state index in [2.05, 4.69) is 39.9 Å². The Kier molecular flexibility index (Phi) is 3.41. The van der Waals surface area contributed by atoms with Gasteiger partial charge in [-0.05, 0) is 35.0 Å². The molecule has 0 aliphatic carbocycles. The molecule has 5 nitrogen and oxygen atoms in total. The number of benzene rings is 2. The molecule has 0 unspecified atom stereocenters. The molecule has 1 N–H and O–H groups in total. The largest absolute Gasteiger partial charge is 0.346 e. The van der Waals surface area contributed by atoms with E-state index in [1.807, 2.05) is 48.5 Å². The zero-order valence-corrected chi connectivity index (χ0v) is 11.1. The van der Waals surface area contributed by atoms with E-state index < -0.39 is 0 Å². The van der Waals surface area contributed by atoms with Gasteiger partial charge in [-0.2, -0.15) is 4.68 Å². The van der Waals surface area contributed by atoms with E-state index in [1.165, 1.54) is 5.56 Å². The molecule has 3 aromatic rings. The monoisotopic (exact) mass is 265 g/mol. The molecular weight excluding hydrogens is 250 g/mol. The van der Waals surface area contributed by atoms with Gasteiger partial charge in [-0.3, -0.25) is 0 Å². The maximum absolute atomic E-state index is 4.05. The SMILES string of the molecule is C[C@H](Nc1nnnn1-c1ccccc1)c1ccccc1. The first-order chi connectivity index (χ1) is 9.84. The molecular formula is C15H15N5. The van der Waals surface area contributed by atoms with Crippen LogP contribution in [-0.4, -0.2) is 20.2 Å². The first-order valence-electron chi connectivity index (χ1n) is 6.50. The van der Waals surface area contributed by atoms with Gasteiger partial charge in [-0.25, -0.2) is 0 Å². The van der Waals surface area contributed by atoms with Crippen LogP contribution < -0.4 is 5.32 Å². The van der Waals surface area contributed by atoms with Crippen LogP contribution in [0.3, 0.4) is 0 Å². The number of tetrazole rings is 1. The fourth-order valence-electron chi connectivity index (χ4n) is 2.04. The molecule has 0 radical (unpaired) electrons. The van der Waals surface area contributed by atoms with E-state index in [1.54, 1.807) is 4.68 Å². The van der Waals surface area contributed by atoms with Crippen molar-refractivity contribution in [1.82, 2.24) is 20.2 Å². The van der Waals surface area contributed by atoms with Crippen LogP contribution in [-0.2, 0) is 0 Å². The Morgan fingerprint density at radius 2 is 1.60 bits per heavy atom. The number of nitrogens with one attached hydrogen (secondary N) is 1. The average molecular weight is 265 g/mol. The second-order valence-corrected chi connectivity index (χ2v) is 4.53. The number of hydrogen-bond donors (Lipinski definition) is 1. The highest BCUT2D eigenvalue weighted by Gasteiger charge is 2.11. The van der Waals surface area contributed by atoms with Crippen LogP contribution in [0.15, 0.2) is 60.7 Å². The minimum atomic E-state index is 0.129. The molecule has 20 heavy (non-hydrogen) atoms. The highest BCUT2D eigenvalue weighted by Crippen LogP contribution is 2.18. The molecule has 0 amide bonds. The van der Waals surface area contributed by atoms with Crippen molar-refractivity contribution in [2.24, 2.45) is 0 Å². The third-order valence-corrected chi connectivity index (χ3v) is 3.12. The number of nitrogens with zero attached hydrogens (tertiary/aromatic N) is 4. The maximum Gasteiger partial charge on any atom is 0.248 e. The third kappa shape index (κ3) is 2.51. The summed E-state index contributed by atoms with van der Waals surface area (Å²) in [5.74, 6) is 0.632. The molecule has 1 heterocycles. The number of rotatable bonds is 4. The van der Waals surface area contributed by atoms with E-state index in [-0.39, 0.29) is 6.04 Å². The Bertz CT molecular complexity index is 663. The summed E-state index contributed by atoms with van der Waals surface area (Å²) < 4.78 is 1.69. The average Bonchev–Trinajstić information content (AvgIpc) is 2.97. The molecule has 1 atom stereocenters. The Morgan fingerprint density at radius 3 is 2.30 bits per heavy atom. The molecule has 3 rings (SSSR count). The zero-order valence-electron chi connectivity index (χ0n) is 11.1. The summed E-state index contributed by atoms with van der Waals surface area (Å²) in [6, 6.07) is 20.2. The number of hydrogen-bond acceptors (Lipinski definition) is 4. The summed E-state index contributed by atoms with van der Waals surface area (Å²) >= 11 is 0. The Balaban J connectivity index is 1.84. The molecule has 0 saturated heterocycles. The van der Waals surface area contributed by atoms with Crippen molar-refractivity contribution >= 4 is 5.95 Å². The van der Waals surface area contributed by atoms with Gasteiger partial charge in [0.2, 0.25) is 5.95 Å². The van der Waals surface area contributed by atoms with Crippen molar-refractivity contribution in [3.05, 3.63) is 66.2 Å². The minimum absolute atomic E-state index is 0.129. The molecule has 1 aromatic heterocycles. The Labute approximate surface area is 117 Å². The number of aromatic nitrogens is 4. The van der Waals surface area contributed by atoms with Crippen molar-refractivity contribution in [1.29, 1.82) is 0 Å². The van der Waals surface area contributed by atoms with Crippen molar-refractivity contribution in [2.45, 2.75) is 13.0 Å². The highest BCUT2D eigenvalue weighted by atomic mass is 15.6. The molecule has 0 spiro atoms. The summed E-state index contributed by atoms with van der Waals surface area (Å²) in [6.07, 6.45) is 0. The Morgan fingerprint density at radius 1 is 0.950 bits per heavy atom. The fraction of sp³-hybridized carbons (Fsp3) is 0.133. The van der Waals surface area contributed by atoms with Gasteiger partial charge in [0.1, 0.15) is 0 Å². The maximum atomic E-state index is 4.05. The van der Waals surface area contributed by atoms with E-state index in [4.69, 9.17) is 0 Å². The van der Waals surface area contributed by atoms with Crippen molar-refractivity contribution in [3.63, 3.8) is 0 Å². The van der Waals surface area contributed by atoms with Crippen LogP contribution in [0.1, 0.15) is 18.5 Å². The van der Waals surface area contributed by atoms with Crippen molar-refractivity contribution < 1.29 is 0 Å². The molecule has 0 aliphatic heterocycles. The summed E-state index contributed by atoms with van der Waals surface area (Å²) in [6.45, 7) is 2.08. The molecule has 0 aliphatic rings. The topological polar surface area (TPSA) is 55.6 Å². The lowest BCUT2D eigenvalue weighted by atomic mass is 10.1. The van der Waals surface area contributed by atoms with Crippen LogP contribution in [0, 0.1) is 0 Å². The quantitative estimate of drug-likeness (QED) is 0.788. The second-order valence-electron chi connectivity index (χ2n) is 4.53. The van der Waals surface area contributed by atoms with Gasteiger partial charge in [0, 0.05) is 0 Å². The van der Waals surface area contributed by atoms with Gasteiger partial charge in [0.15, 0.2) is 0 Å². The van der Waals surface area contributed by atoms with Gasteiger partial charge < -0.3 is 5.32 Å². The molecule has 100 valence electrons. The predicted molar refractivity (Wildman–Crippen MR) is 77.6 cm³/mol. The normalized spacial score (nSPS) is 12.1. The van der Waals surface area contributed by atoms with E-state index >= 15 is 0 Å². The molecule has 2 aromatic carbocycles. The van der Waals surface area contributed by atoms with Crippen molar-refractivity contribution in [3.8, 4) is 5.69 Å². The van der Waals surface area contributed by atoms with Crippen LogP contribution in [0.2, 0.25) is 0 Å². The van der Waals surface area contributed by atoms with Crippen LogP contribution >= 0.6 is 0 Å². The van der Waals surface area contributed by atoms with E-state index in [9.17, 15) is 0 Å². The van der Waals surface area contributed by atoms with Gasteiger partial charge in [-0.15, -0.1) is 0 Å². The Hall–Kier alpha value is -2.69. The molecule has 5 heteroatoms. The standard InChI is InChI=1S/C15H15N5/c1-12(13-8-4-2-5-9-13)16-15-17-18-19-20(15)14-10-6-3-7-11-14/h2-12H,1H3,(H,16,17,19)/t12-/m0/s1. The smallest absolute Gasteiger partial charge is 0.248 e. The predicted octanol–water partition coefficient (Wildman–Crippen LogP) is 2.84. The summed E-state index contributed by atoms with van der Waals surface area (Å²) in [4.78, 5) is 0. The first-order valence-corrected chi connectivity index (χ1v) is 6.50. The van der Waals surface area contributed by atoms with Crippen LogP contribution in [0.4, 0.5) is 5.95 Å². The zero-order chi connectivity index (χ0) is 13.8. The van der Waals surface area contributed by atoms with Crippen molar-refractivity contribution in [2.75, 3.05) is 5.32 Å². The summed E-state index contributed by atoms with van der Waals surface area (Å²) in [7, 11) is 0. The van der Waals surface area contributed by atoms with Gasteiger partial charge in [0.25, 0.3) is 0 Å². The minimum Gasteiger partial charge on any atom is -0.346 e. The van der Waals surface area contributed by atoms with Gasteiger partial charge in [-0.1, -0.05) is 53.6 Å². The number of para-hydroxylation sites is 1. The second kappa shape index (κ2) is 5.52. The molecule has 0 fully saturated rings. The third-order valence-electron chi connectivity index (χ3n) is 3.12. The lowest BCUT2D eigenvalue weighted by Crippen LogP contribution is -2.11. The first kappa shape index (κ1) is 12.3. The van der Waals surface area contributed by atoms with Crippen LogP contribution in [0.5, 0.6) is 0 Å².